The van der Waals surface area contributed by atoms with E-state index in [0.717, 1.165) is 18.9 Å². The lowest BCUT2D eigenvalue weighted by atomic mass is 9.94. The van der Waals surface area contributed by atoms with Crippen LogP contribution in [0.25, 0.3) is 0 Å². The van der Waals surface area contributed by atoms with Gasteiger partial charge < -0.3 is 4.74 Å². The largest absolute Gasteiger partial charge is 0.385 e. The molecule has 0 aromatic heterocycles. The standard InChI is InChI=1S/C17H26FOSi/c1-19-11-2-12-20-13-9-16(10-14-20)4-3-15-5-7-17(18)8-6-15/h5-8,16H,2-4,9-14H2,1H3. The number of hydrogen-bond donors (Lipinski definition) is 0. The molecule has 1 aliphatic rings. The lowest BCUT2D eigenvalue weighted by Crippen LogP contribution is -2.22. The number of aryl methyl sites for hydroxylation is 1. The highest BCUT2D eigenvalue weighted by Gasteiger charge is 2.21. The lowest BCUT2D eigenvalue weighted by molar-refractivity contribution is 0.199. The SMILES string of the molecule is COCCC[Si]1CCC(CCc2ccc(F)cc2)CC1. The minimum absolute atomic E-state index is 0.0701. The predicted octanol–water partition coefficient (Wildman–Crippen LogP) is 4.70. The van der Waals surface area contributed by atoms with E-state index in [4.69, 9.17) is 4.74 Å². The number of ether oxygens (including phenoxy) is 1. The van der Waals surface area contributed by atoms with Crippen LogP contribution in [0.4, 0.5) is 4.39 Å². The van der Waals surface area contributed by atoms with Crippen molar-refractivity contribution in [1.82, 2.24) is 0 Å². The summed E-state index contributed by atoms with van der Waals surface area (Å²) in [6.45, 7) is 0.933. The molecule has 1 heterocycles. The number of rotatable bonds is 7. The molecule has 3 heteroatoms. The third kappa shape index (κ3) is 5.37. The van der Waals surface area contributed by atoms with Gasteiger partial charge in [-0.15, -0.1) is 0 Å². The Morgan fingerprint density at radius 2 is 1.90 bits per heavy atom. The third-order valence-corrected chi connectivity index (χ3v) is 7.50. The van der Waals surface area contributed by atoms with Gasteiger partial charge in [0.05, 0.1) is 0 Å². The fraction of sp³-hybridized carbons (Fsp3) is 0.647. The van der Waals surface area contributed by atoms with Crippen molar-refractivity contribution in [2.75, 3.05) is 13.7 Å². The summed E-state index contributed by atoms with van der Waals surface area (Å²) < 4.78 is 18.0. The zero-order valence-corrected chi connectivity index (χ0v) is 13.5. The summed E-state index contributed by atoms with van der Waals surface area (Å²) in [6.07, 6.45) is 6.48. The van der Waals surface area contributed by atoms with Crippen LogP contribution in [0.5, 0.6) is 0 Å². The van der Waals surface area contributed by atoms with Gasteiger partial charge in [-0.2, -0.15) is 0 Å². The van der Waals surface area contributed by atoms with E-state index in [2.05, 4.69) is 0 Å². The third-order valence-electron chi connectivity index (χ3n) is 4.45. The molecule has 0 saturated carbocycles. The van der Waals surface area contributed by atoms with Gasteiger partial charge in [-0.3, -0.25) is 0 Å². The summed E-state index contributed by atoms with van der Waals surface area (Å²) in [5.74, 6) is 0.769. The molecule has 0 unspecified atom stereocenters. The van der Waals surface area contributed by atoms with Gasteiger partial charge in [0, 0.05) is 22.5 Å². The van der Waals surface area contributed by atoms with Crippen LogP contribution in [0, 0.1) is 11.7 Å². The Morgan fingerprint density at radius 3 is 2.55 bits per heavy atom. The molecule has 1 nitrogen and oxygen atoms in total. The highest BCUT2D eigenvalue weighted by molar-refractivity contribution is 6.58. The van der Waals surface area contributed by atoms with Crippen LogP contribution in [0.3, 0.4) is 0 Å². The van der Waals surface area contributed by atoms with Crippen molar-refractivity contribution in [2.24, 2.45) is 5.92 Å². The molecule has 111 valence electrons. The Balaban J connectivity index is 1.63. The van der Waals surface area contributed by atoms with Gasteiger partial charge in [0.25, 0.3) is 0 Å². The Labute approximate surface area is 124 Å². The molecular formula is C17H26FOSi. The smallest absolute Gasteiger partial charge is 0.123 e. The number of halogens is 1. The molecule has 1 radical (unpaired) electrons. The van der Waals surface area contributed by atoms with Gasteiger partial charge in [0.15, 0.2) is 0 Å². The molecule has 2 rings (SSSR count). The molecule has 1 aromatic rings. The normalized spacial score (nSPS) is 17.5. The van der Waals surface area contributed by atoms with Crippen molar-refractivity contribution in [3.8, 4) is 0 Å². The number of benzene rings is 1. The second-order valence-electron chi connectivity index (χ2n) is 5.95. The minimum Gasteiger partial charge on any atom is -0.385 e. The molecule has 1 aromatic carbocycles. The van der Waals surface area contributed by atoms with E-state index in [1.165, 1.54) is 49.4 Å². The van der Waals surface area contributed by atoms with Crippen LogP contribution in [0.1, 0.15) is 31.2 Å². The highest BCUT2D eigenvalue weighted by Crippen LogP contribution is 2.30. The van der Waals surface area contributed by atoms with Crippen molar-refractivity contribution in [1.29, 1.82) is 0 Å². The topological polar surface area (TPSA) is 9.23 Å². The molecule has 0 aliphatic carbocycles. The molecule has 0 spiro atoms. The van der Waals surface area contributed by atoms with Gasteiger partial charge in [-0.05, 0) is 42.9 Å². The quantitative estimate of drug-likeness (QED) is 0.523. The average Bonchev–Trinajstić information content (AvgIpc) is 2.48. The zero-order chi connectivity index (χ0) is 14.2. The minimum atomic E-state index is -0.130. The van der Waals surface area contributed by atoms with Gasteiger partial charge >= 0.3 is 0 Å². The van der Waals surface area contributed by atoms with E-state index in [1.807, 2.05) is 12.1 Å². The van der Waals surface area contributed by atoms with Crippen LogP contribution in [-0.2, 0) is 11.2 Å². The van der Waals surface area contributed by atoms with Gasteiger partial charge in [0.1, 0.15) is 5.82 Å². The molecule has 1 aliphatic heterocycles. The monoisotopic (exact) mass is 293 g/mol. The molecule has 1 saturated heterocycles. The molecule has 0 bridgehead atoms. The summed E-state index contributed by atoms with van der Waals surface area (Å²) in [5.41, 5.74) is 1.28. The second kappa shape index (κ2) is 8.58. The number of methoxy groups -OCH3 is 1. The van der Waals surface area contributed by atoms with Crippen LogP contribution < -0.4 is 0 Å². The predicted molar refractivity (Wildman–Crippen MR) is 84.1 cm³/mol. The number of hydrogen-bond acceptors (Lipinski definition) is 1. The summed E-state index contributed by atoms with van der Waals surface area (Å²) >= 11 is 0. The zero-order valence-electron chi connectivity index (χ0n) is 12.5. The Hall–Kier alpha value is -0.673. The van der Waals surface area contributed by atoms with E-state index >= 15 is 0 Å². The maximum Gasteiger partial charge on any atom is 0.123 e. The first-order chi connectivity index (χ1) is 9.78. The average molecular weight is 293 g/mol. The summed E-state index contributed by atoms with van der Waals surface area (Å²) in [6, 6.07) is 11.4. The molecule has 20 heavy (non-hydrogen) atoms. The maximum absolute atomic E-state index is 12.8. The van der Waals surface area contributed by atoms with Crippen molar-refractivity contribution in [2.45, 2.75) is 50.2 Å². The van der Waals surface area contributed by atoms with Gasteiger partial charge in [-0.1, -0.05) is 43.1 Å². The van der Waals surface area contributed by atoms with E-state index in [-0.39, 0.29) is 14.6 Å². The Morgan fingerprint density at radius 1 is 1.20 bits per heavy atom. The van der Waals surface area contributed by atoms with Crippen LogP contribution >= 0.6 is 0 Å². The fourth-order valence-corrected chi connectivity index (χ4v) is 6.14. The molecule has 1 fully saturated rings. The molecule has 0 N–H and O–H groups in total. The van der Waals surface area contributed by atoms with Gasteiger partial charge in [0.2, 0.25) is 0 Å². The molecule has 0 amide bonds. The van der Waals surface area contributed by atoms with Crippen LogP contribution in [-0.4, -0.2) is 22.5 Å². The van der Waals surface area contributed by atoms with Crippen LogP contribution in [0.15, 0.2) is 24.3 Å². The van der Waals surface area contributed by atoms with E-state index in [1.54, 1.807) is 19.2 Å². The first kappa shape index (κ1) is 15.7. The van der Waals surface area contributed by atoms with Crippen molar-refractivity contribution >= 4 is 8.80 Å². The Kier molecular flexibility index (Phi) is 6.74. The maximum atomic E-state index is 12.8. The van der Waals surface area contributed by atoms with Crippen molar-refractivity contribution < 1.29 is 9.13 Å². The van der Waals surface area contributed by atoms with E-state index in [9.17, 15) is 4.39 Å². The molecule has 0 atom stereocenters. The van der Waals surface area contributed by atoms with E-state index in [0.29, 0.717) is 0 Å². The van der Waals surface area contributed by atoms with Crippen LogP contribution in [0.2, 0.25) is 18.1 Å². The summed E-state index contributed by atoms with van der Waals surface area (Å²) in [7, 11) is 1.73. The first-order valence-corrected chi connectivity index (χ1v) is 9.97. The first-order valence-electron chi connectivity index (χ1n) is 7.85. The van der Waals surface area contributed by atoms with Gasteiger partial charge in [-0.25, -0.2) is 4.39 Å². The highest BCUT2D eigenvalue weighted by atomic mass is 28.3. The molecular weight excluding hydrogens is 267 g/mol. The lowest BCUT2D eigenvalue weighted by Gasteiger charge is -2.27. The van der Waals surface area contributed by atoms with Crippen molar-refractivity contribution in [3.05, 3.63) is 35.6 Å². The van der Waals surface area contributed by atoms with Crippen molar-refractivity contribution in [3.63, 3.8) is 0 Å². The Bertz CT molecular complexity index is 371. The fourth-order valence-electron chi connectivity index (χ4n) is 3.11. The second-order valence-corrected chi connectivity index (χ2v) is 8.95. The van der Waals surface area contributed by atoms with E-state index < -0.39 is 0 Å². The summed E-state index contributed by atoms with van der Waals surface area (Å²) in [5, 5.41) is 0. The summed E-state index contributed by atoms with van der Waals surface area (Å²) in [4.78, 5) is 0.